The first-order valence-electron chi connectivity index (χ1n) is 10.6. The molecule has 1 atom stereocenters. The van der Waals surface area contributed by atoms with Crippen molar-refractivity contribution in [1.82, 2.24) is 4.98 Å². The molecular weight excluding hydrogens is 425 g/mol. The number of alkyl halides is 3. The van der Waals surface area contributed by atoms with Gasteiger partial charge in [-0.1, -0.05) is 12.1 Å². The number of ether oxygens (including phenoxy) is 2. The van der Waals surface area contributed by atoms with Crippen LogP contribution in [0.25, 0.3) is 11.1 Å². The number of benzene rings is 1. The second-order valence-corrected chi connectivity index (χ2v) is 8.83. The first kappa shape index (κ1) is 22.4. The molecule has 172 valence electrons. The van der Waals surface area contributed by atoms with Gasteiger partial charge in [0.05, 0.1) is 23.5 Å². The van der Waals surface area contributed by atoms with E-state index in [4.69, 9.17) is 10.5 Å². The topological polar surface area (TPSA) is 94.7 Å². The molecule has 9 heteroatoms. The number of pyridine rings is 1. The first-order chi connectivity index (χ1) is 15.0. The fourth-order valence-corrected chi connectivity index (χ4v) is 3.70. The lowest BCUT2D eigenvalue weighted by Gasteiger charge is -2.24. The summed E-state index contributed by atoms with van der Waals surface area (Å²) in [6.45, 7) is 2.17. The van der Waals surface area contributed by atoms with Crippen LogP contribution in [0.1, 0.15) is 48.7 Å². The van der Waals surface area contributed by atoms with Gasteiger partial charge in [-0.05, 0) is 68.2 Å². The van der Waals surface area contributed by atoms with Gasteiger partial charge in [-0.25, -0.2) is 4.98 Å². The molecule has 1 aromatic heterocycles. The van der Waals surface area contributed by atoms with E-state index in [0.29, 0.717) is 29.3 Å². The number of primary amides is 1. The molecule has 2 aliphatic rings. The third kappa shape index (κ3) is 5.51. The van der Waals surface area contributed by atoms with E-state index in [2.05, 4.69) is 9.72 Å². The Kier molecular flexibility index (Phi) is 5.79. The highest BCUT2D eigenvalue weighted by Crippen LogP contribution is 2.42. The molecular formula is C23H25F3N2O4. The zero-order chi connectivity index (χ0) is 23.1. The molecule has 2 aromatic rings. The van der Waals surface area contributed by atoms with E-state index in [0.717, 1.165) is 25.7 Å². The Morgan fingerprint density at radius 3 is 2.38 bits per heavy atom. The molecule has 0 saturated heterocycles. The summed E-state index contributed by atoms with van der Waals surface area (Å²) in [7, 11) is 0. The quantitative estimate of drug-likeness (QED) is 0.596. The van der Waals surface area contributed by atoms with Gasteiger partial charge in [-0.15, -0.1) is 13.2 Å². The fourth-order valence-electron chi connectivity index (χ4n) is 3.70. The zero-order valence-electron chi connectivity index (χ0n) is 17.6. The number of hydrogen-bond acceptors (Lipinski definition) is 5. The number of carbonyl (C=O) groups is 1. The monoisotopic (exact) mass is 450 g/mol. The minimum atomic E-state index is -4.79. The Labute approximate surface area is 183 Å². The van der Waals surface area contributed by atoms with Crippen LogP contribution in [0, 0.1) is 11.8 Å². The number of halogens is 3. The molecule has 2 aliphatic carbocycles. The SMILES string of the molecule is C[C@](O)(Cc1nc(OCC2CC2)c(-c2ccc(OC(F)(F)F)cc2)cc1C(N)=O)C1CC1. The second kappa shape index (κ2) is 8.27. The number of aromatic nitrogens is 1. The van der Waals surface area contributed by atoms with Crippen molar-refractivity contribution in [3.8, 4) is 22.8 Å². The number of aliphatic hydroxyl groups is 1. The normalized spacial score (nSPS) is 18.2. The Morgan fingerprint density at radius 2 is 1.84 bits per heavy atom. The largest absolute Gasteiger partial charge is 0.573 e. The van der Waals surface area contributed by atoms with Crippen molar-refractivity contribution in [2.45, 2.75) is 51.0 Å². The van der Waals surface area contributed by atoms with Crippen LogP contribution in [0.5, 0.6) is 11.6 Å². The van der Waals surface area contributed by atoms with Gasteiger partial charge in [0.2, 0.25) is 5.88 Å². The summed E-state index contributed by atoms with van der Waals surface area (Å²) in [4.78, 5) is 16.7. The van der Waals surface area contributed by atoms with Gasteiger partial charge in [0.1, 0.15) is 5.75 Å². The molecule has 0 radical (unpaired) electrons. The van der Waals surface area contributed by atoms with Crippen molar-refractivity contribution in [2.24, 2.45) is 17.6 Å². The summed E-state index contributed by atoms with van der Waals surface area (Å²) < 4.78 is 47.3. The predicted octanol–water partition coefficient (Wildman–Crippen LogP) is 4.24. The van der Waals surface area contributed by atoms with E-state index in [-0.39, 0.29) is 29.5 Å². The predicted molar refractivity (Wildman–Crippen MR) is 110 cm³/mol. The molecule has 0 unspecified atom stereocenters. The highest BCUT2D eigenvalue weighted by molar-refractivity contribution is 5.95. The molecule has 1 aromatic carbocycles. The van der Waals surface area contributed by atoms with Gasteiger partial charge >= 0.3 is 6.36 Å². The third-order valence-corrected chi connectivity index (χ3v) is 5.87. The lowest BCUT2D eigenvalue weighted by molar-refractivity contribution is -0.274. The van der Waals surface area contributed by atoms with Crippen molar-refractivity contribution >= 4 is 5.91 Å². The number of carbonyl (C=O) groups excluding carboxylic acids is 1. The lowest BCUT2D eigenvalue weighted by Crippen LogP contribution is -2.32. The van der Waals surface area contributed by atoms with Crippen molar-refractivity contribution < 1.29 is 32.5 Å². The Hall–Kier alpha value is -2.81. The minimum absolute atomic E-state index is 0.140. The van der Waals surface area contributed by atoms with E-state index < -0.39 is 17.9 Å². The Morgan fingerprint density at radius 1 is 1.19 bits per heavy atom. The number of nitrogens with zero attached hydrogens (tertiary/aromatic N) is 1. The molecule has 0 bridgehead atoms. The van der Waals surface area contributed by atoms with Gasteiger partial charge in [-0.3, -0.25) is 4.79 Å². The molecule has 2 fully saturated rings. The van der Waals surface area contributed by atoms with E-state index in [9.17, 15) is 23.1 Å². The zero-order valence-corrected chi connectivity index (χ0v) is 17.6. The van der Waals surface area contributed by atoms with Gasteiger partial charge in [0.25, 0.3) is 5.91 Å². The maximum atomic E-state index is 12.5. The van der Waals surface area contributed by atoms with Crippen LogP contribution in [0.4, 0.5) is 13.2 Å². The molecule has 3 N–H and O–H groups in total. The average Bonchev–Trinajstić information content (AvgIpc) is 3.59. The van der Waals surface area contributed by atoms with Crippen LogP contribution in [-0.2, 0) is 6.42 Å². The number of amides is 1. The molecule has 1 heterocycles. The maximum absolute atomic E-state index is 12.5. The summed E-state index contributed by atoms with van der Waals surface area (Å²) in [5, 5.41) is 10.8. The van der Waals surface area contributed by atoms with E-state index >= 15 is 0 Å². The van der Waals surface area contributed by atoms with Crippen molar-refractivity contribution in [3.05, 3.63) is 41.6 Å². The van der Waals surface area contributed by atoms with Gasteiger partial charge in [0.15, 0.2) is 0 Å². The van der Waals surface area contributed by atoms with Crippen LogP contribution in [-0.4, -0.2) is 34.6 Å². The lowest BCUT2D eigenvalue weighted by atomic mass is 9.91. The van der Waals surface area contributed by atoms with Crippen LogP contribution in [0.2, 0.25) is 0 Å². The summed E-state index contributed by atoms with van der Waals surface area (Å²) in [5.74, 6) is -0.233. The summed E-state index contributed by atoms with van der Waals surface area (Å²) >= 11 is 0. The molecule has 0 spiro atoms. The molecule has 32 heavy (non-hydrogen) atoms. The Balaban J connectivity index is 1.70. The number of hydrogen-bond donors (Lipinski definition) is 2. The van der Waals surface area contributed by atoms with E-state index in [1.165, 1.54) is 30.3 Å². The van der Waals surface area contributed by atoms with Gasteiger partial charge < -0.3 is 20.3 Å². The van der Waals surface area contributed by atoms with E-state index in [1.807, 2.05) is 0 Å². The second-order valence-electron chi connectivity index (χ2n) is 8.83. The summed E-state index contributed by atoms with van der Waals surface area (Å²) in [5.41, 5.74) is 6.01. The van der Waals surface area contributed by atoms with Gasteiger partial charge in [0, 0.05) is 12.0 Å². The van der Waals surface area contributed by atoms with Crippen molar-refractivity contribution in [1.29, 1.82) is 0 Å². The van der Waals surface area contributed by atoms with Crippen molar-refractivity contribution in [2.75, 3.05) is 6.61 Å². The molecule has 1 amide bonds. The number of rotatable bonds is 9. The summed E-state index contributed by atoms with van der Waals surface area (Å²) in [6.07, 6.45) is -0.707. The molecule has 6 nitrogen and oxygen atoms in total. The smallest absolute Gasteiger partial charge is 0.477 e. The highest BCUT2D eigenvalue weighted by atomic mass is 19.4. The Bertz CT molecular complexity index is 998. The standard InChI is InChI=1S/C23H25F3N2O4/c1-22(30,15-6-7-15)11-19-18(20(27)29)10-17(21(28-19)31-12-13-2-3-13)14-4-8-16(9-5-14)32-23(24,25)26/h4-5,8-10,13,15,30H,2-3,6-7,11-12H2,1H3,(H2,27,29)/t22-/m0/s1. The third-order valence-electron chi connectivity index (χ3n) is 5.87. The van der Waals surface area contributed by atoms with Crippen LogP contribution in [0.3, 0.4) is 0 Å². The van der Waals surface area contributed by atoms with Crippen molar-refractivity contribution in [3.63, 3.8) is 0 Å². The van der Waals surface area contributed by atoms with Crippen LogP contribution < -0.4 is 15.2 Å². The first-order valence-corrected chi connectivity index (χ1v) is 10.6. The minimum Gasteiger partial charge on any atom is -0.477 e. The summed E-state index contributed by atoms with van der Waals surface area (Å²) in [6, 6.07) is 6.78. The molecule has 4 rings (SSSR count). The van der Waals surface area contributed by atoms with Gasteiger partial charge in [-0.2, -0.15) is 0 Å². The highest BCUT2D eigenvalue weighted by Gasteiger charge is 2.41. The van der Waals surface area contributed by atoms with E-state index in [1.54, 1.807) is 6.92 Å². The maximum Gasteiger partial charge on any atom is 0.573 e. The van der Waals surface area contributed by atoms with Crippen LogP contribution in [0.15, 0.2) is 30.3 Å². The molecule has 2 saturated carbocycles. The van der Waals surface area contributed by atoms with Crippen LogP contribution >= 0.6 is 0 Å². The number of nitrogens with two attached hydrogens (primary N) is 1. The molecule has 0 aliphatic heterocycles. The fraction of sp³-hybridized carbons (Fsp3) is 0.478. The average molecular weight is 450 g/mol.